The van der Waals surface area contributed by atoms with Gasteiger partial charge in [0.2, 0.25) is 11.8 Å². The number of anilines is 1. The van der Waals surface area contributed by atoms with Crippen LogP contribution in [0.3, 0.4) is 0 Å². The second-order valence-electron chi connectivity index (χ2n) is 12.4. The first-order valence-corrected chi connectivity index (χ1v) is 21.1. The minimum atomic E-state index is -5.61. The number of hydrogen-bond acceptors (Lipinski definition) is 19. The molecule has 2 aromatic heterocycles. The summed E-state index contributed by atoms with van der Waals surface area (Å²) < 4.78 is 62.4. The van der Waals surface area contributed by atoms with Crippen LogP contribution in [0.1, 0.15) is 33.6 Å². The van der Waals surface area contributed by atoms with Gasteiger partial charge in [-0.25, -0.2) is 28.6 Å². The lowest BCUT2D eigenvalue weighted by molar-refractivity contribution is -0.139. The number of hydrogen-bond donors (Lipinski definition) is 10. The van der Waals surface area contributed by atoms with Crippen molar-refractivity contribution in [3.8, 4) is 0 Å². The summed E-state index contributed by atoms with van der Waals surface area (Å²) in [6.07, 6.45) is -6.36. The van der Waals surface area contributed by atoms with Gasteiger partial charge in [0, 0.05) is 30.7 Å². The Labute approximate surface area is 314 Å². The minimum Gasteiger partial charge on any atom is -0.481 e. The lowest BCUT2D eigenvalue weighted by atomic mass is 9.87. The average molecular weight is 868 g/mol. The summed E-state index contributed by atoms with van der Waals surface area (Å²) in [7, 11) is -16.5. The van der Waals surface area contributed by atoms with Crippen LogP contribution in [0, 0.1) is 5.41 Å². The molecule has 0 spiro atoms. The number of thioether (sulfide) groups is 1. The fourth-order valence-corrected chi connectivity index (χ4v) is 8.26. The highest BCUT2D eigenvalue weighted by Crippen LogP contribution is 2.61. The number of aliphatic hydroxyl groups is 2. The molecule has 310 valence electrons. The van der Waals surface area contributed by atoms with Crippen LogP contribution in [0.25, 0.3) is 11.2 Å². The van der Waals surface area contributed by atoms with Crippen LogP contribution < -0.4 is 16.4 Å². The molecule has 2 aromatic rings. The number of carboxylic acids is 1. The number of nitrogens with two attached hydrogens (primary N) is 1. The number of aliphatic hydroxyl groups excluding tert-OH is 2. The molecule has 11 N–H and O–H groups in total. The van der Waals surface area contributed by atoms with E-state index in [1.54, 1.807) is 0 Å². The first-order chi connectivity index (χ1) is 25.3. The van der Waals surface area contributed by atoms with Crippen LogP contribution in [0.15, 0.2) is 12.7 Å². The topological polar surface area (TPSA) is 401 Å². The summed E-state index contributed by atoms with van der Waals surface area (Å²) >= 11 is 0.718. The molecule has 3 heterocycles. The number of carbonyl (C=O) groups excluding carboxylic acids is 3. The van der Waals surface area contributed by atoms with Gasteiger partial charge in [-0.1, -0.05) is 25.6 Å². The SMILES string of the molecule is CC(C)(COP(=O)(O)OP(=O)(O)OCC1OC(C)(n2cnc3c(N)ncnc32)C(O)C1OP(=O)(O)O)C(O)C(=O)NCCC(=O)NCCSC(=O)CC(=O)O. The van der Waals surface area contributed by atoms with E-state index in [0.29, 0.717) is 0 Å². The summed E-state index contributed by atoms with van der Waals surface area (Å²) in [5.41, 5.74) is 2.22. The third-order valence-electron chi connectivity index (χ3n) is 7.55. The highest BCUT2D eigenvalue weighted by molar-refractivity contribution is 8.13. The molecule has 7 unspecified atom stereocenters. The van der Waals surface area contributed by atoms with Gasteiger partial charge in [-0.05, 0) is 6.92 Å². The van der Waals surface area contributed by atoms with E-state index in [-0.39, 0.29) is 42.2 Å². The van der Waals surface area contributed by atoms with Crippen LogP contribution in [-0.2, 0) is 61.2 Å². The van der Waals surface area contributed by atoms with Crippen molar-refractivity contribution in [2.24, 2.45) is 5.41 Å². The number of nitrogen functional groups attached to an aromatic ring is 1. The maximum absolute atomic E-state index is 12.7. The zero-order chi connectivity index (χ0) is 41.6. The molecule has 0 aliphatic carbocycles. The quantitative estimate of drug-likeness (QED) is 0.0380. The Morgan fingerprint density at radius 1 is 1.07 bits per heavy atom. The van der Waals surface area contributed by atoms with Gasteiger partial charge in [0.1, 0.15) is 42.7 Å². The summed E-state index contributed by atoms with van der Waals surface area (Å²) in [4.78, 5) is 97.4. The maximum atomic E-state index is 12.7. The molecule has 0 saturated carbocycles. The van der Waals surface area contributed by atoms with Gasteiger partial charge in [-0.3, -0.25) is 37.3 Å². The molecule has 1 fully saturated rings. The molecule has 30 heteroatoms. The van der Waals surface area contributed by atoms with Crippen molar-refractivity contribution in [2.75, 3.05) is 37.8 Å². The second-order valence-corrected chi connectivity index (χ2v) is 17.8. The molecule has 1 saturated heterocycles. The smallest absolute Gasteiger partial charge is 0.481 e. The number of rotatable bonds is 21. The molecule has 3 rings (SSSR count). The van der Waals surface area contributed by atoms with Crippen molar-refractivity contribution in [2.45, 2.75) is 63.8 Å². The predicted molar refractivity (Wildman–Crippen MR) is 184 cm³/mol. The summed E-state index contributed by atoms with van der Waals surface area (Å²) in [6.45, 7) is 1.34. The van der Waals surface area contributed by atoms with Gasteiger partial charge in [-0.15, -0.1) is 0 Å². The number of nitrogens with one attached hydrogen (secondary N) is 2. The van der Waals surface area contributed by atoms with Crippen LogP contribution in [0.2, 0.25) is 0 Å². The summed E-state index contributed by atoms with van der Waals surface area (Å²) in [6, 6.07) is 0. The predicted octanol–water partition coefficient (Wildman–Crippen LogP) is -1.69. The van der Waals surface area contributed by atoms with Crippen molar-refractivity contribution in [3.05, 3.63) is 12.7 Å². The normalized spacial score (nSPS) is 23.1. The number of phosphoric acid groups is 3. The Morgan fingerprint density at radius 3 is 2.36 bits per heavy atom. The van der Waals surface area contributed by atoms with Crippen molar-refractivity contribution < 1.29 is 90.4 Å². The monoisotopic (exact) mass is 867 g/mol. The molecule has 1 aliphatic heterocycles. The zero-order valence-electron chi connectivity index (χ0n) is 29.1. The van der Waals surface area contributed by atoms with E-state index in [9.17, 15) is 62.7 Å². The molecular weight excluding hydrogens is 827 g/mol. The number of carboxylic acid groups (broad SMARTS) is 1. The van der Waals surface area contributed by atoms with Crippen molar-refractivity contribution in [1.82, 2.24) is 30.2 Å². The van der Waals surface area contributed by atoms with E-state index in [0.717, 1.165) is 29.0 Å². The average Bonchev–Trinajstić information content (AvgIpc) is 3.60. The number of aliphatic carboxylic acids is 1. The molecule has 0 aromatic carbocycles. The van der Waals surface area contributed by atoms with Gasteiger partial charge in [0.25, 0.3) is 0 Å². The Kier molecular flexibility index (Phi) is 15.6. The highest BCUT2D eigenvalue weighted by atomic mass is 32.2. The summed E-state index contributed by atoms with van der Waals surface area (Å²) in [5.74, 6) is -2.80. The molecular formula is C25H40N7O19P3S. The van der Waals surface area contributed by atoms with Crippen LogP contribution in [0.5, 0.6) is 0 Å². The van der Waals surface area contributed by atoms with Crippen LogP contribution in [0.4, 0.5) is 5.82 Å². The maximum Gasteiger partial charge on any atom is 0.481 e. The third-order valence-corrected chi connectivity index (χ3v) is 11.5. The number of fused-ring (bicyclic) bond motifs is 1. The van der Waals surface area contributed by atoms with E-state index < -0.39 is 102 Å². The van der Waals surface area contributed by atoms with E-state index in [4.69, 9.17) is 24.6 Å². The second kappa shape index (κ2) is 18.5. The fraction of sp³-hybridized carbons (Fsp3) is 0.640. The Hall–Kier alpha value is -2.97. The van der Waals surface area contributed by atoms with Crippen molar-refractivity contribution in [1.29, 1.82) is 0 Å². The first kappa shape index (κ1) is 46.4. The number of nitrogens with zero attached hydrogens (tertiary/aromatic N) is 4. The standard InChI is InChI=1S/C25H40N7O19P3S/c1-24(2,20(38)23(39)28-5-4-14(33)27-6-7-55-16(36)8-15(34)35)10-48-54(45,46)51-53(43,44)47-9-13-18(50-52(40,41)42)19(37)25(3,49-13)32-12-31-17-21(26)29-11-30-22(17)32/h11-13,18-20,37-38H,4-10H2,1-3H3,(H,27,33)(H,28,39)(H,34,35)(H,43,44)(H,45,46)(H2,26,29,30)(H2,40,41,42). The van der Waals surface area contributed by atoms with Crippen LogP contribution >= 0.6 is 35.2 Å². The van der Waals surface area contributed by atoms with Gasteiger partial charge in [0.05, 0.1) is 19.5 Å². The molecule has 0 radical (unpaired) electrons. The lowest BCUT2D eigenvalue weighted by Crippen LogP contribution is -2.46. The number of amides is 2. The fourth-order valence-electron chi connectivity index (χ4n) is 4.78. The van der Waals surface area contributed by atoms with E-state index in [1.165, 1.54) is 20.8 Å². The molecule has 7 atom stereocenters. The molecule has 1 aliphatic rings. The Morgan fingerprint density at radius 2 is 1.73 bits per heavy atom. The zero-order valence-corrected chi connectivity index (χ0v) is 32.6. The number of ether oxygens (including phenoxy) is 1. The largest absolute Gasteiger partial charge is 0.481 e. The highest BCUT2D eigenvalue weighted by Gasteiger charge is 2.57. The van der Waals surface area contributed by atoms with E-state index in [1.807, 2.05) is 0 Å². The number of phosphoric ester groups is 3. The summed E-state index contributed by atoms with van der Waals surface area (Å²) in [5, 5.41) is 34.3. The van der Waals surface area contributed by atoms with Gasteiger partial charge >= 0.3 is 29.4 Å². The Balaban J connectivity index is 1.54. The van der Waals surface area contributed by atoms with Crippen molar-refractivity contribution >= 4 is 75.1 Å². The third kappa shape index (κ3) is 13.3. The molecule has 2 amide bonds. The number of carbonyl (C=O) groups is 4. The lowest BCUT2D eigenvalue weighted by Gasteiger charge is -2.30. The Bertz CT molecular complexity index is 1880. The molecule has 26 nitrogen and oxygen atoms in total. The van der Waals surface area contributed by atoms with Crippen molar-refractivity contribution in [3.63, 3.8) is 0 Å². The van der Waals surface area contributed by atoms with Crippen LogP contribution in [-0.4, -0.2) is 134 Å². The van der Waals surface area contributed by atoms with E-state index in [2.05, 4.69) is 34.4 Å². The number of imidazole rings is 1. The molecule has 0 bridgehead atoms. The van der Waals surface area contributed by atoms with Gasteiger partial charge < -0.3 is 56.0 Å². The van der Waals surface area contributed by atoms with Gasteiger partial charge in [-0.2, -0.15) is 4.31 Å². The van der Waals surface area contributed by atoms with E-state index >= 15 is 0 Å². The minimum absolute atomic E-state index is 0.00695. The van der Waals surface area contributed by atoms with Gasteiger partial charge in [0.15, 0.2) is 22.3 Å². The number of aromatic nitrogens is 4. The molecule has 55 heavy (non-hydrogen) atoms. The first-order valence-electron chi connectivity index (χ1n) is 15.6.